The molecule has 0 unspecified atom stereocenters. The molecule has 2 aromatic rings. The van der Waals surface area contributed by atoms with Gasteiger partial charge in [-0.25, -0.2) is 9.18 Å². The average molecular weight is 347 g/mol. The van der Waals surface area contributed by atoms with Crippen molar-refractivity contribution in [2.75, 3.05) is 13.1 Å². The van der Waals surface area contributed by atoms with E-state index in [9.17, 15) is 14.0 Å². The summed E-state index contributed by atoms with van der Waals surface area (Å²) in [6, 6.07) is 6.83. The third kappa shape index (κ3) is 6.62. The van der Waals surface area contributed by atoms with E-state index in [0.29, 0.717) is 12.1 Å². The minimum Gasteiger partial charge on any atom is -0.350 e. The van der Waals surface area contributed by atoms with Crippen LogP contribution in [0.2, 0.25) is 0 Å². The smallest absolute Gasteiger partial charge is 0.315 e. The molecule has 8 heteroatoms. The first-order valence-corrected chi connectivity index (χ1v) is 8.10. The number of urea groups is 1. The molecule has 3 N–H and O–H groups in total. The van der Waals surface area contributed by atoms with Gasteiger partial charge < -0.3 is 16.0 Å². The normalized spacial score (nSPS) is 11.6. The van der Waals surface area contributed by atoms with Crippen molar-refractivity contribution in [3.8, 4) is 0 Å². The van der Waals surface area contributed by atoms with Crippen LogP contribution in [0, 0.1) is 5.82 Å². The van der Waals surface area contributed by atoms with Crippen LogP contribution in [0.5, 0.6) is 0 Å². The van der Waals surface area contributed by atoms with Crippen LogP contribution in [0.3, 0.4) is 0 Å². The zero-order valence-electron chi connectivity index (χ0n) is 14.0. The fourth-order valence-corrected chi connectivity index (χ4v) is 2.16. The van der Waals surface area contributed by atoms with Crippen LogP contribution in [0.1, 0.15) is 23.7 Å². The number of hydrogen-bond acceptors (Lipinski definition) is 3. The summed E-state index contributed by atoms with van der Waals surface area (Å²) in [5.41, 5.74) is 0.373. The van der Waals surface area contributed by atoms with Gasteiger partial charge in [0.2, 0.25) is 0 Å². The van der Waals surface area contributed by atoms with Crippen molar-refractivity contribution >= 4 is 11.9 Å². The van der Waals surface area contributed by atoms with Gasteiger partial charge in [0.05, 0.1) is 0 Å². The second-order valence-electron chi connectivity index (χ2n) is 5.62. The summed E-state index contributed by atoms with van der Waals surface area (Å²) < 4.78 is 14.6. The minimum absolute atomic E-state index is 0.00185. The third-order valence-electron chi connectivity index (χ3n) is 3.53. The number of benzene rings is 1. The van der Waals surface area contributed by atoms with Crippen molar-refractivity contribution in [1.29, 1.82) is 0 Å². The lowest BCUT2D eigenvalue weighted by Crippen LogP contribution is -2.43. The lowest BCUT2D eigenvalue weighted by Gasteiger charge is -2.15. The number of amides is 3. The standard InChI is InChI=1S/C17H22FN5O2/c1-13(7-12-23-11-2-8-21-23)22-17(25)20-10-9-19-16(24)14-3-5-15(18)6-4-14/h2-6,8,11,13H,7,9-10,12H2,1H3,(H,19,24)(H2,20,22,25)/t13-/m0/s1. The first-order chi connectivity index (χ1) is 12.0. The molecule has 25 heavy (non-hydrogen) atoms. The molecule has 0 aliphatic carbocycles. The Morgan fingerprint density at radius 1 is 1.20 bits per heavy atom. The monoisotopic (exact) mass is 347 g/mol. The highest BCUT2D eigenvalue weighted by Gasteiger charge is 2.08. The maximum atomic E-state index is 12.8. The number of nitrogens with one attached hydrogen (secondary N) is 3. The molecule has 1 aromatic heterocycles. The van der Waals surface area contributed by atoms with Crippen molar-refractivity contribution in [3.63, 3.8) is 0 Å². The summed E-state index contributed by atoms with van der Waals surface area (Å²) in [6.45, 7) is 3.22. The summed E-state index contributed by atoms with van der Waals surface area (Å²) in [5.74, 6) is -0.702. The van der Waals surface area contributed by atoms with Crippen LogP contribution in [-0.4, -0.2) is 40.9 Å². The van der Waals surface area contributed by atoms with Gasteiger partial charge in [-0.2, -0.15) is 5.10 Å². The zero-order chi connectivity index (χ0) is 18.1. The Morgan fingerprint density at radius 3 is 2.60 bits per heavy atom. The molecule has 0 aliphatic rings. The van der Waals surface area contributed by atoms with E-state index in [1.165, 1.54) is 24.3 Å². The van der Waals surface area contributed by atoms with Gasteiger partial charge in [0, 0.05) is 43.6 Å². The molecule has 0 aliphatic heterocycles. The average Bonchev–Trinajstić information content (AvgIpc) is 3.11. The molecule has 0 spiro atoms. The Balaban J connectivity index is 1.58. The first-order valence-electron chi connectivity index (χ1n) is 8.10. The second-order valence-corrected chi connectivity index (χ2v) is 5.62. The fraction of sp³-hybridized carbons (Fsp3) is 0.353. The van der Waals surface area contributed by atoms with Crippen LogP contribution < -0.4 is 16.0 Å². The summed E-state index contributed by atoms with van der Waals surface area (Å²) in [4.78, 5) is 23.6. The maximum Gasteiger partial charge on any atom is 0.315 e. The maximum absolute atomic E-state index is 12.8. The number of aryl methyl sites for hydroxylation is 1. The Hall–Kier alpha value is -2.90. The summed E-state index contributed by atoms with van der Waals surface area (Å²) in [6.07, 6.45) is 4.35. The van der Waals surface area contributed by atoms with E-state index in [1.807, 2.05) is 19.2 Å². The number of carbonyl (C=O) groups excluding carboxylic acids is 2. The second kappa shape index (κ2) is 9.41. The van der Waals surface area contributed by atoms with Gasteiger partial charge in [-0.05, 0) is 43.7 Å². The van der Waals surface area contributed by atoms with Gasteiger partial charge in [-0.1, -0.05) is 0 Å². The molecule has 0 bridgehead atoms. The Labute approximate surface area is 145 Å². The Bertz CT molecular complexity index is 673. The SMILES string of the molecule is C[C@@H](CCn1cccn1)NC(=O)NCCNC(=O)c1ccc(F)cc1. The van der Waals surface area contributed by atoms with Crippen LogP contribution >= 0.6 is 0 Å². The first kappa shape index (κ1) is 18.4. The zero-order valence-corrected chi connectivity index (χ0v) is 14.0. The highest BCUT2D eigenvalue weighted by molar-refractivity contribution is 5.94. The lowest BCUT2D eigenvalue weighted by molar-refractivity contribution is 0.0953. The van der Waals surface area contributed by atoms with Gasteiger partial charge in [0.15, 0.2) is 0 Å². The van der Waals surface area contributed by atoms with Crippen molar-refractivity contribution in [1.82, 2.24) is 25.7 Å². The van der Waals surface area contributed by atoms with Gasteiger partial charge in [0.1, 0.15) is 5.82 Å². The van der Waals surface area contributed by atoms with Gasteiger partial charge in [-0.3, -0.25) is 9.48 Å². The molecule has 1 aromatic carbocycles. The predicted octanol–water partition coefficient (Wildman–Crippen LogP) is 1.53. The van der Waals surface area contributed by atoms with E-state index >= 15 is 0 Å². The van der Waals surface area contributed by atoms with Gasteiger partial charge >= 0.3 is 6.03 Å². The van der Waals surface area contributed by atoms with E-state index in [4.69, 9.17) is 0 Å². The summed E-state index contributed by atoms with van der Waals surface area (Å²) in [5, 5.41) is 12.3. The molecule has 1 heterocycles. The van der Waals surface area contributed by atoms with Crippen LogP contribution in [0.15, 0.2) is 42.7 Å². The fourth-order valence-electron chi connectivity index (χ4n) is 2.16. The molecular weight excluding hydrogens is 325 g/mol. The molecule has 0 fully saturated rings. The minimum atomic E-state index is -0.392. The lowest BCUT2D eigenvalue weighted by atomic mass is 10.2. The highest BCUT2D eigenvalue weighted by atomic mass is 19.1. The van der Waals surface area contributed by atoms with Crippen molar-refractivity contribution < 1.29 is 14.0 Å². The molecule has 134 valence electrons. The molecule has 3 amide bonds. The number of aromatic nitrogens is 2. The number of nitrogens with zero attached hydrogens (tertiary/aromatic N) is 2. The van der Waals surface area contributed by atoms with Crippen LogP contribution in [-0.2, 0) is 6.54 Å². The number of halogens is 1. The van der Waals surface area contributed by atoms with Crippen LogP contribution in [0.25, 0.3) is 0 Å². The quantitative estimate of drug-likeness (QED) is 0.633. The molecule has 0 saturated heterocycles. The summed E-state index contributed by atoms with van der Waals surface area (Å²) in [7, 11) is 0. The van der Waals surface area contributed by atoms with Crippen LogP contribution in [0.4, 0.5) is 9.18 Å². The Kier molecular flexibility index (Phi) is 6.94. The third-order valence-corrected chi connectivity index (χ3v) is 3.53. The molecular formula is C17H22FN5O2. The number of hydrogen-bond donors (Lipinski definition) is 3. The highest BCUT2D eigenvalue weighted by Crippen LogP contribution is 2.02. The van der Waals surface area contributed by atoms with E-state index in [2.05, 4.69) is 21.0 Å². The molecule has 1 atom stereocenters. The number of rotatable bonds is 8. The van der Waals surface area contributed by atoms with Gasteiger partial charge in [-0.15, -0.1) is 0 Å². The number of carbonyl (C=O) groups is 2. The molecule has 0 radical (unpaired) electrons. The topological polar surface area (TPSA) is 88.1 Å². The Morgan fingerprint density at radius 2 is 1.92 bits per heavy atom. The van der Waals surface area contributed by atoms with E-state index in [0.717, 1.165) is 13.0 Å². The van der Waals surface area contributed by atoms with E-state index < -0.39 is 5.82 Å². The molecule has 7 nitrogen and oxygen atoms in total. The largest absolute Gasteiger partial charge is 0.350 e. The van der Waals surface area contributed by atoms with Gasteiger partial charge in [0.25, 0.3) is 5.91 Å². The predicted molar refractivity (Wildman–Crippen MR) is 91.6 cm³/mol. The molecule has 2 rings (SSSR count). The summed E-state index contributed by atoms with van der Waals surface area (Å²) >= 11 is 0. The van der Waals surface area contributed by atoms with Crippen molar-refractivity contribution in [2.24, 2.45) is 0 Å². The molecule has 0 saturated carbocycles. The van der Waals surface area contributed by atoms with Crippen molar-refractivity contribution in [2.45, 2.75) is 25.9 Å². The van der Waals surface area contributed by atoms with E-state index in [-0.39, 0.29) is 24.5 Å². The van der Waals surface area contributed by atoms with E-state index in [1.54, 1.807) is 10.9 Å². The van der Waals surface area contributed by atoms with Crippen molar-refractivity contribution in [3.05, 3.63) is 54.1 Å².